The third kappa shape index (κ3) is 3.85. The molecule has 0 aromatic carbocycles. The molecule has 0 spiro atoms. The van der Waals surface area contributed by atoms with Crippen LogP contribution >= 0.6 is 15.9 Å². The van der Waals surface area contributed by atoms with E-state index in [9.17, 15) is 0 Å². The zero-order chi connectivity index (χ0) is 11.2. The van der Waals surface area contributed by atoms with E-state index in [0.29, 0.717) is 6.04 Å². The lowest BCUT2D eigenvalue weighted by atomic mass is 10.1. The van der Waals surface area contributed by atoms with Gasteiger partial charge in [0.25, 0.3) is 0 Å². The van der Waals surface area contributed by atoms with E-state index >= 15 is 0 Å². The van der Waals surface area contributed by atoms with Crippen LogP contribution in [0.3, 0.4) is 0 Å². The lowest BCUT2D eigenvalue weighted by molar-refractivity contribution is 0.383. The third-order valence-corrected chi connectivity index (χ3v) is 3.36. The van der Waals surface area contributed by atoms with E-state index in [4.69, 9.17) is 0 Å². The molecule has 1 aliphatic rings. The number of pyridine rings is 1. The molecule has 0 radical (unpaired) electrons. The van der Waals surface area contributed by atoms with Crippen LogP contribution in [0.5, 0.6) is 0 Å². The third-order valence-electron chi connectivity index (χ3n) is 2.92. The zero-order valence-corrected chi connectivity index (χ0v) is 11.0. The maximum atomic E-state index is 4.11. The molecule has 0 bridgehead atoms. The van der Waals surface area contributed by atoms with Crippen molar-refractivity contribution in [2.75, 3.05) is 13.1 Å². The number of rotatable bonds is 4. The van der Waals surface area contributed by atoms with Crippen LogP contribution in [0.25, 0.3) is 0 Å². The molecule has 4 heteroatoms. The summed E-state index contributed by atoms with van der Waals surface area (Å²) in [6.45, 7) is 3.15. The quantitative estimate of drug-likeness (QED) is 0.831. The van der Waals surface area contributed by atoms with Gasteiger partial charge in [-0.25, -0.2) is 4.98 Å². The van der Waals surface area contributed by atoms with Gasteiger partial charge in [0.2, 0.25) is 0 Å². The smallest absolute Gasteiger partial charge is 0.106 e. The van der Waals surface area contributed by atoms with Gasteiger partial charge in [-0.15, -0.1) is 0 Å². The van der Waals surface area contributed by atoms with Crippen molar-refractivity contribution in [3.05, 3.63) is 28.5 Å². The molecule has 2 heterocycles. The first-order chi connectivity index (χ1) is 7.84. The largest absolute Gasteiger partial charge is 0.313 e. The van der Waals surface area contributed by atoms with E-state index in [1.807, 2.05) is 12.3 Å². The second kappa shape index (κ2) is 6.33. The molecule has 1 aromatic heterocycles. The monoisotopic (exact) mass is 283 g/mol. The first-order valence-electron chi connectivity index (χ1n) is 5.89. The summed E-state index contributed by atoms with van der Waals surface area (Å²) in [7, 11) is 0. The fourth-order valence-corrected chi connectivity index (χ4v) is 2.45. The van der Waals surface area contributed by atoms with Crippen LogP contribution < -0.4 is 10.6 Å². The minimum absolute atomic E-state index is 0.652. The fourth-order valence-electron chi connectivity index (χ4n) is 2.04. The zero-order valence-electron chi connectivity index (χ0n) is 9.38. The number of halogens is 1. The summed E-state index contributed by atoms with van der Waals surface area (Å²) in [6, 6.07) is 4.76. The highest BCUT2D eigenvalue weighted by Gasteiger charge is 2.11. The van der Waals surface area contributed by atoms with E-state index in [1.54, 1.807) is 0 Å². The molecule has 2 N–H and O–H groups in total. The number of hydrogen-bond acceptors (Lipinski definition) is 3. The van der Waals surface area contributed by atoms with Gasteiger partial charge in [-0.05, 0) is 53.0 Å². The highest BCUT2D eigenvalue weighted by Crippen LogP contribution is 2.08. The number of nitrogens with zero attached hydrogens (tertiary/aromatic N) is 1. The van der Waals surface area contributed by atoms with E-state index < -0.39 is 0 Å². The molecular formula is C12H18BrN3. The van der Waals surface area contributed by atoms with Gasteiger partial charge in [-0.2, -0.15) is 0 Å². The second-order valence-corrected chi connectivity index (χ2v) is 5.08. The fraction of sp³-hybridized carbons (Fsp3) is 0.583. The van der Waals surface area contributed by atoms with Crippen molar-refractivity contribution in [2.45, 2.75) is 31.8 Å². The average molecular weight is 284 g/mol. The summed E-state index contributed by atoms with van der Waals surface area (Å²) in [5.74, 6) is 0. The lowest BCUT2D eigenvalue weighted by Gasteiger charge is -2.23. The highest BCUT2D eigenvalue weighted by molar-refractivity contribution is 9.10. The minimum atomic E-state index is 0.652. The molecular weight excluding hydrogens is 266 g/mol. The van der Waals surface area contributed by atoms with Crippen LogP contribution in [-0.4, -0.2) is 24.1 Å². The van der Waals surface area contributed by atoms with Crippen molar-refractivity contribution in [1.29, 1.82) is 0 Å². The van der Waals surface area contributed by atoms with E-state index in [1.165, 1.54) is 31.4 Å². The summed E-state index contributed by atoms with van der Waals surface area (Å²) in [5, 5.41) is 7.02. The Balaban J connectivity index is 1.71. The molecule has 3 nitrogen and oxygen atoms in total. The number of hydrogen-bond donors (Lipinski definition) is 2. The molecule has 0 unspecified atom stereocenters. The van der Waals surface area contributed by atoms with Crippen molar-refractivity contribution in [2.24, 2.45) is 0 Å². The van der Waals surface area contributed by atoms with E-state index in [2.05, 4.69) is 37.6 Å². The Morgan fingerprint density at radius 1 is 1.50 bits per heavy atom. The molecule has 1 aliphatic heterocycles. The van der Waals surface area contributed by atoms with Crippen LogP contribution in [0.2, 0.25) is 0 Å². The van der Waals surface area contributed by atoms with Gasteiger partial charge in [0.05, 0.1) is 0 Å². The van der Waals surface area contributed by atoms with Crippen molar-refractivity contribution in [3.63, 3.8) is 0 Å². The average Bonchev–Trinajstić information content (AvgIpc) is 2.30. The predicted octanol–water partition coefficient (Wildman–Crippen LogP) is 2.08. The molecule has 1 atom stereocenters. The van der Waals surface area contributed by atoms with Crippen LogP contribution in [0, 0.1) is 0 Å². The summed E-state index contributed by atoms with van der Waals surface area (Å²) in [6.07, 6.45) is 5.82. The predicted molar refractivity (Wildman–Crippen MR) is 69.3 cm³/mol. The standard InChI is InChI=1S/C12H18BrN3/c13-12-7-10(4-6-16-12)8-14-9-11-3-1-2-5-15-11/h4,6-7,11,14-15H,1-3,5,8-9H2/t11-/m0/s1. The topological polar surface area (TPSA) is 37.0 Å². The van der Waals surface area contributed by atoms with Gasteiger partial charge in [-0.3, -0.25) is 0 Å². The van der Waals surface area contributed by atoms with Gasteiger partial charge in [0.15, 0.2) is 0 Å². The van der Waals surface area contributed by atoms with Crippen LogP contribution in [0.15, 0.2) is 22.9 Å². The van der Waals surface area contributed by atoms with Gasteiger partial charge < -0.3 is 10.6 Å². The molecule has 0 aliphatic carbocycles. The minimum Gasteiger partial charge on any atom is -0.313 e. The number of piperidine rings is 1. The Labute approximate surface area is 105 Å². The Bertz CT molecular complexity index is 324. The highest BCUT2D eigenvalue weighted by atomic mass is 79.9. The summed E-state index contributed by atoms with van der Waals surface area (Å²) in [4.78, 5) is 4.11. The van der Waals surface area contributed by atoms with Crippen LogP contribution in [0.4, 0.5) is 0 Å². The van der Waals surface area contributed by atoms with Crippen LogP contribution in [-0.2, 0) is 6.54 Å². The molecule has 1 saturated heterocycles. The maximum Gasteiger partial charge on any atom is 0.106 e. The first kappa shape index (κ1) is 12.0. The summed E-state index contributed by atoms with van der Waals surface area (Å²) >= 11 is 3.38. The Kier molecular flexibility index (Phi) is 4.75. The van der Waals surface area contributed by atoms with Crippen LogP contribution in [0.1, 0.15) is 24.8 Å². The Morgan fingerprint density at radius 2 is 2.44 bits per heavy atom. The van der Waals surface area contributed by atoms with E-state index in [0.717, 1.165) is 17.7 Å². The molecule has 88 valence electrons. The Morgan fingerprint density at radius 3 is 3.19 bits per heavy atom. The Hall–Kier alpha value is -0.450. The normalized spacial score (nSPS) is 20.9. The maximum absolute atomic E-state index is 4.11. The van der Waals surface area contributed by atoms with Gasteiger partial charge in [-0.1, -0.05) is 6.42 Å². The molecule has 0 saturated carbocycles. The van der Waals surface area contributed by atoms with Crippen molar-refractivity contribution in [3.8, 4) is 0 Å². The molecule has 0 amide bonds. The van der Waals surface area contributed by atoms with Crippen molar-refractivity contribution < 1.29 is 0 Å². The molecule has 16 heavy (non-hydrogen) atoms. The summed E-state index contributed by atoms with van der Waals surface area (Å²) in [5.41, 5.74) is 1.28. The number of aromatic nitrogens is 1. The lowest BCUT2D eigenvalue weighted by Crippen LogP contribution is -2.41. The van der Waals surface area contributed by atoms with Crippen molar-refractivity contribution >= 4 is 15.9 Å². The first-order valence-corrected chi connectivity index (χ1v) is 6.68. The van der Waals surface area contributed by atoms with Crippen molar-refractivity contribution in [1.82, 2.24) is 15.6 Å². The molecule has 2 rings (SSSR count). The second-order valence-electron chi connectivity index (χ2n) is 4.26. The molecule has 1 aromatic rings. The molecule has 1 fully saturated rings. The SMILES string of the molecule is Brc1cc(CNC[C@@H]2CCCCN2)ccn1. The van der Waals surface area contributed by atoms with Gasteiger partial charge in [0, 0.05) is 25.3 Å². The summed E-state index contributed by atoms with van der Waals surface area (Å²) < 4.78 is 0.905. The van der Waals surface area contributed by atoms with Gasteiger partial charge >= 0.3 is 0 Å². The number of nitrogens with one attached hydrogen (secondary N) is 2. The van der Waals surface area contributed by atoms with E-state index in [-0.39, 0.29) is 0 Å². The van der Waals surface area contributed by atoms with Gasteiger partial charge in [0.1, 0.15) is 4.60 Å².